The normalized spacial score (nSPS) is 11.1. The second-order valence-electron chi connectivity index (χ2n) is 7.48. The molecule has 160 valence electrons. The van der Waals surface area contributed by atoms with E-state index in [0.29, 0.717) is 29.4 Å². The van der Waals surface area contributed by atoms with Crippen molar-refractivity contribution in [1.29, 1.82) is 0 Å². The Bertz CT molecular complexity index is 1230. The lowest BCUT2D eigenvalue weighted by Crippen LogP contribution is -2.25. The summed E-state index contributed by atoms with van der Waals surface area (Å²) in [5.41, 5.74) is 3.72. The maximum atomic E-state index is 12.9. The van der Waals surface area contributed by atoms with Crippen LogP contribution in [0.2, 0.25) is 0 Å². The van der Waals surface area contributed by atoms with Crippen LogP contribution in [0.3, 0.4) is 0 Å². The third kappa shape index (κ3) is 4.06. The molecule has 2 aromatic heterocycles. The van der Waals surface area contributed by atoms with Gasteiger partial charge < -0.3 is 19.8 Å². The summed E-state index contributed by atoms with van der Waals surface area (Å²) in [5.74, 6) is 1.16. The van der Waals surface area contributed by atoms with Gasteiger partial charge in [0, 0.05) is 34.5 Å². The first-order valence-corrected chi connectivity index (χ1v) is 10.6. The summed E-state index contributed by atoms with van der Waals surface area (Å²) in [6.07, 6.45) is 3.15. The molecule has 0 atom stereocenters. The molecule has 2 N–H and O–H groups in total. The van der Waals surface area contributed by atoms with Crippen molar-refractivity contribution in [2.45, 2.75) is 26.2 Å². The van der Waals surface area contributed by atoms with E-state index in [0.717, 1.165) is 46.6 Å². The minimum Gasteiger partial charge on any atom is -0.497 e. The van der Waals surface area contributed by atoms with Crippen LogP contribution < -0.4 is 14.8 Å². The molecule has 0 fully saturated rings. The number of carbonyl (C=O) groups is 1. The summed E-state index contributed by atoms with van der Waals surface area (Å²) in [6, 6.07) is 15.5. The number of methoxy groups -OCH3 is 2. The Morgan fingerprint density at radius 3 is 2.65 bits per heavy atom. The number of nitrogens with one attached hydrogen (secondary N) is 2. The minimum absolute atomic E-state index is 0.169. The molecule has 0 spiro atoms. The predicted molar refractivity (Wildman–Crippen MR) is 124 cm³/mol. The number of H-pyrrole nitrogens is 1. The van der Waals surface area contributed by atoms with E-state index in [2.05, 4.69) is 17.2 Å². The topological polar surface area (TPSA) is 76.2 Å². The highest BCUT2D eigenvalue weighted by Crippen LogP contribution is 2.38. The highest BCUT2D eigenvalue weighted by Gasteiger charge is 2.19. The van der Waals surface area contributed by atoms with Crippen LogP contribution in [0.25, 0.3) is 33.1 Å². The Morgan fingerprint density at radius 2 is 1.87 bits per heavy atom. The van der Waals surface area contributed by atoms with E-state index in [1.165, 1.54) is 0 Å². The number of ether oxygens (including phenoxy) is 2. The molecule has 0 aliphatic rings. The van der Waals surface area contributed by atoms with E-state index in [1.54, 1.807) is 14.2 Å². The van der Waals surface area contributed by atoms with Gasteiger partial charge in [0.05, 0.1) is 25.4 Å². The van der Waals surface area contributed by atoms with Gasteiger partial charge >= 0.3 is 0 Å². The standard InChI is InChI=1S/C25H27N3O3/c1-4-5-8-13-26-25(29)21-15-19-17-9-6-7-10-20(17)27-24(19)23(28-21)18-12-11-16(30-2)14-22(18)31-3/h6-7,9-12,14-15,27H,4-5,8,13H2,1-3H3,(H,26,29). The van der Waals surface area contributed by atoms with Gasteiger partial charge in [0.2, 0.25) is 0 Å². The number of nitrogens with zero attached hydrogens (tertiary/aromatic N) is 1. The molecule has 0 saturated heterocycles. The van der Waals surface area contributed by atoms with Gasteiger partial charge in [-0.15, -0.1) is 0 Å². The Kier molecular flexibility index (Phi) is 6.07. The van der Waals surface area contributed by atoms with Crippen molar-refractivity contribution >= 4 is 27.7 Å². The van der Waals surface area contributed by atoms with Crippen molar-refractivity contribution in [2.24, 2.45) is 0 Å². The van der Waals surface area contributed by atoms with Crippen LogP contribution in [0.4, 0.5) is 0 Å². The number of unbranched alkanes of at least 4 members (excludes halogenated alkanes) is 2. The summed E-state index contributed by atoms with van der Waals surface area (Å²) in [5, 5.41) is 5.01. The van der Waals surface area contributed by atoms with Gasteiger partial charge in [-0.2, -0.15) is 0 Å². The SMILES string of the molecule is CCCCCNC(=O)c1cc2c([nH]c3ccccc32)c(-c2ccc(OC)cc2OC)n1. The molecule has 6 nitrogen and oxygen atoms in total. The molecule has 0 radical (unpaired) electrons. The van der Waals surface area contributed by atoms with Gasteiger partial charge in [0.1, 0.15) is 17.2 Å². The summed E-state index contributed by atoms with van der Waals surface area (Å²) in [7, 11) is 3.23. The smallest absolute Gasteiger partial charge is 0.269 e. The van der Waals surface area contributed by atoms with Crippen LogP contribution in [-0.2, 0) is 0 Å². The van der Waals surface area contributed by atoms with Crippen molar-refractivity contribution in [1.82, 2.24) is 15.3 Å². The number of aromatic nitrogens is 2. The fraction of sp³-hybridized carbons (Fsp3) is 0.280. The Balaban J connectivity index is 1.88. The zero-order chi connectivity index (χ0) is 21.8. The highest BCUT2D eigenvalue weighted by molar-refractivity contribution is 6.13. The molecule has 0 bridgehead atoms. The maximum Gasteiger partial charge on any atom is 0.269 e. The van der Waals surface area contributed by atoms with Crippen molar-refractivity contribution in [3.63, 3.8) is 0 Å². The minimum atomic E-state index is -0.169. The van der Waals surface area contributed by atoms with Crippen LogP contribution in [0.5, 0.6) is 11.5 Å². The van der Waals surface area contributed by atoms with Crippen molar-refractivity contribution in [2.75, 3.05) is 20.8 Å². The number of benzene rings is 2. The summed E-state index contributed by atoms with van der Waals surface area (Å²) < 4.78 is 11.0. The van der Waals surface area contributed by atoms with Crippen LogP contribution in [0, 0.1) is 0 Å². The van der Waals surface area contributed by atoms with Gasteiger partial charge in [-0.05, 0) is 30.7 Å². The molecular formula is C25H27N3O3. The number of fused-ring (bicyclic) bond motifs is 3. The predicted octanol–water partition coefficient (Wildman–Crippen LogP) is 5.32. The van der Waals surface area contributed by atoms with Crippen molar-refractivity contribution in [3.8, 4) is 22.8 Å². The Hall–Kier alpha value is -3.54. The molecule has 2 heterocycles. The Morgan fingerprint density at radius 1 is 1.03 bits per heavy atom. The number of hydrogen-bond donors (Lipinski definition) is 2. The number of aromatic amines is 1. The summed E-state index contributed by atoms with van der Waals surface area (Å²) >= 11 is 0. The lowest BCUT2D eigenvalue weighted by molar-refractivity contribution is 0.0948. The summed E-state index contributed by atoms with van der Waals surface area (Å²) in [4.78, 5) is 21.1. The largest absolute Gasteiger partial charge is 0.497 e. The van der Waals surface area contributed by atoms with Gasteiger partial charge in [0.25, 0.3) is 5.91 Å². The van der Waals surface area contributed by atoms with E-state index < -0.39 is 0 Å². The molecule has 4 aromatic rings. The lowest BCUT2D eigenvalue weighted by Gasteiger charge is -2.12. The van der Waals surface area contributed by atoms with Gasteiger partial charge in [-0.3, -0.25) is 4.79 Å². The van der Waals surface area contributed by atoms with Gasteiger partial charge in [-0.25, -0.2) is 4.98 Å². The highest BCUT2D eigenvalue weighted by atomic mass is 16.5. The number of hydrogen-bond acceptors (Lipinski definition) is 4. The zero-order valence-electron chi connectivity index (χ0n) is 18.1. The summed E-state index contributed by atoms with van der Waals surface area (Å²) in [6.45, 7) is 2.78. The average Bonchev–Trinajstić information content (AvgIpc) is 3.19. The van der Waals surface area contributed by atoms with E-state index in [4.69, 9.17) is 14.5 Å². The molecule has 0 saturated carbocycles. The zero-order valence-corrected chi connectivity index (χ0v) is 18.1. The maximum absolute atomic E-state index is 12.9. The first-order valence-electron chi connectivity index (χ1n) is 10.6. The van der Waals surface area contributed by atoms with Gasteiger partial charge in [0.15, 0.2) is 0 Å². The van der Waals surface area contributed by atoms with E-state index in [-0.39, 0.29) is 5.91 Å². The molecule has 31 heavy (non-hydrogen) atoms. The van der Waals surface area contributed by atoms with Crippen LogP contribution >= 0.6 is 0 Å². The second-order valence-corrected chi connectivity index (χ2v) is 7.48. The molecule has 2 aromatic carbocycles. The first-order chi connectivity index (χ1) is 15.2. The molecule has 1 amide bonds. The lowest BCUT2D eigenvalue weighted by atomic mass is 10.0. The third-order valence-electron chi connectivity index (χ3n) is 5.46. The van der Waals surface area contributed by atoms with E-state index in [9.17, 15) is 4.79 Å². The molecule has 6 heteroatoms. The number of amides is 1. The molecule has 0 aliphatic heterocycles. The van der Waals surface area contributed by atoms with Crippen LogP contribution in [0.1, 0.15) is 36.7 Å². The van der Waals surface area contributed by atoms with E-state index in [1.807, 2.05) is 48.5 Å². The fourth-order valence-corrected chi connectivity index (χ4v) is 3.82. The monoisotopic (exact) mass is 417 g/mol. The molecule has 0 aliphatic carbocycles. The van der Waals surface area contributed by atoms with Crippen molar-refractivity contribution < 1.29 is 14.3 Å². The molecule has 0 unspecified atom stereocenters. The average molecular weight is 418 g/mol. The van der Waals surface area contributed by atoms with Crippen molar-refractivity contribution in [3.05, 3.63) is 54.2 Å². The quantitative estimate of drug-likeness (QED) is 0.381. The molecule has 4 rings (SSSR count). The van der Waals surface area contributed by atoms with E-state index >= 15 is 0 Å². The number of para-hydroxylation sites is 1. The number of carbonyl (C=O) groups excluding carboxylic acids is 1. The molecular weight excluding hydrogens is 390 g/mol. The van der Waals surface area contributed by atoms with Gasteiger partial charge in [-0.1, -0.05) is 38.0 Å². The second kappa shape index (κ2) is 9.08. The fourth-order valence-electron chi connectivity index (χ4n) is 3.82. The number of pyridine rings is 1. The Labute approximate surface area is 181 Å². The number of rotatable bonds is 8. The third-order valence-corrected chi connectivity index (χ3v) is 5.46. The van der Waals surface area contributed by atoms with Crippen LogP contribution in [0.15, 0.2) is 48.5 Å². The first kappa shape index (κ1) is 20.7. The van der Waals surface area contributed by atoms with Crippen LogP contribution in [-0.4, -0.2) is 36.6 Å².